The van der Waals surface area contributed by atoms with Crippen LogP contribution in [0.1, 0.15) is 48.4 Å². The van der Waals surface area contributed by atoms with E-state index in [1.807, 2.05) is 113 Å². The first-order valence-corrected chi connectivity index (χ1v) is 20.3. The summed E-state index contributed by atoms with van der Waals surface area (Å²) in [5.74, 6) is -0.114. The first kappa shape index (κ1) is 38.6. The van der Waals surface area contributed by atoms with Gasteiger partial charge in [-0.15, -0.1) is 0 Å². The zero-order valence-corrected chi connectivity index (χ0v) is 29.8. The van der Waals surface area contributed by atoms with E-state index in [4.69, 9.17) is 0 Å². The summed E-state index contributed by atoms with van der Waals surface area (Å²) < 4.78 is 0.977. The van der Waals surface area contributed by atoms with Crippen molar-refractivity contribution in [3.05, 3.63) is 131 Å². The van der Waals surface area contributed by atoms with Crippen LogP contribution in [0, 0.1) is 6.07 Å². The Morgan fingerprint density at radius 3 is 1.28 bits per heavy atom. The Kier molecular flexibility index (Phi) is 26.7. The maximum atomic E-state index is 11.4. The Balaban J connectivity index is 0. The molecule has 39 heavy (non-hydrogen) atoms. The molecule has 0 heterocycles. The van der Waals surface area contributed by atoms with E-state index in [9.17, 15) is 9.59 Å². The number of carbonyl (C=O) groups excluding carboxylic acids is 2. The SMILES string of the molecule is CC.CC.CNC(=O)c1ccc(-c2ccccc2)cc1.CNC(=O)c1ccc(Br)cc1.[Zn+][Br].[c-]1ccccc1. The van der Waals surface area contributed by atoms with Gasteiger partial charge in [-0.3, -0.25) is 9.59 Å². The minimum atomic E-state index is -0.0579. The van der Waals surface area contributed by atoms with Gasteiger partial charge < -0.3 is 10.6 Å². The van der Waals surface area contributed by atoms with E-state index < -0.39 is 0 Å². The third-order valence-electron chi connectivity index (χ3n) is 4.42. The first-order valence-electron chi connectivity index (χ1n) is 12.6. The number of hydrogen-bond donors (Lipinski definition) is 2. The summed E-state index contributed by atoms with van der Waals surface area (Å²) in [4.78, 5) is 22.3. The zero-order chi connectivity index (χ0) is 29.9. The van der Waals surface area contributed by atoms with E-state index >= 15 is 0 Å². The van der Waals surface area contributed by atoms with E-state index in [1.54, 1.807) is 26.2 Å². The van der Waals surface area contributed by atoms with E-state index in [2.05, 4.69) is 58.4 Å². The van der Waals surface area contributed by atoms with Crippen LogP contribution < -0.4 is 10.6 Å². The van der Waals surface area contributed by atoms with E-state index in [0.29, 0.717) is 11.1 Å². The Hall–Kier alpha value is -2.60. The largest absolute Gasteiger partial charge is 0.184 e. The van der Waals surface area contributed by atoms with Crippen LogP contribution in [0.3, 0.4) is 0 Å². The van der Waals surface area contributed by atoms with Crippen LogP contribution in [0.25, 0.3) is 11.1 Å². The summed E-state index contributed by atoms with van der Waals surface area (Å²) >= 11 is 7.53. The molecule has 0 atom stereocenters. The summed E-state index contributed by atoms with van der Waals surface area (Å²) in [6.07, 6.45) is 0. The predicted octanol–water partition coefficient (Wildman–Crippen LogP) is 8.90. The van der Waals surface area contributed by atoms with Crippen molar-refractivity contribution in [3.8, 4) is 11.1 Å². The number of rotatable bonds is 3. The second-order valence-electron chi connectivity index (χ2n) is 6.69. The summed E-state index contributed by atoms with van der Waals surface area (Å²) in [6, 6.07) is 37.4. The molecule has 0 saturated carbocycles. The molecule has 0 spiro atoms. The van der Waals surface area contributed by atoms with Gasteiger partial charge in [-0.2, -0.15) is 36.4 Å². The molecule has 0 aromatic heterocycles. The smallest absolute Gasteiger partial charge is 0.171 e. The van der Waals surface area contributed by atoms with Crippen LogP contribution in [0.15, 0.2) is 114 Å². The molecule has 0 aliphatic rings. The molecule has 0 aliphatic carbocycles. The average Bonchev–Trinajstić information content (AvgIpc) is 3.05. The van der Waals surface area contributed by atoms with Gasteiger partial charge in [-0.1, -0.05) is 86.1 Å². The van der Waals surface area contributed by atoms with Crippen LogP contribution in [0.5, 0.6) is 0 Å². The molecule has 2 N–H and O–H groups in total. The maximum Gasteiger partial charge on any atom is -0.171 e. The summed E-state index contributed by atoms with van der Waals surface area (Å²) in [6.45, 7) is 8.00. The van der Waals surface area contributed by atoms with Crippen molar-refractivity contribution in [1.29, 1.82) is 0 Å². The van der Waals surface area contributed by atoms with Crippen LogP contribution in [-0.2, 0) is 16.3 Å². The molecule has 4 aromatic rings. The van der Waals surface area contributed by atoms with Gasteiger partial charge in [0.05, 0.1) is 0 Å². The third kappa shape index (κ3) is 17.6. The first-order chi connectivity index (χ1) is 19.0. The molecule has 0 unspecified atom stereocenters. The normalized spacial score (nSPS) is 8.36. The number of benzene rings is 4. The van der Waals surface area contributed by atoms with Gasteiger partial charge in [0.2, 0.25) is 0 Å². The van der Waals surface area contributed by atoms with Gasteiger partial charge in [-0.05, 0) is 47.5 Å². The van der Waals surface area contributed by atoms with Crippen molar-refractivity contribution >= 4 is 41.4 Å². The molecule has 0 saturated heterocycles. The summed E-state index contributed by atoms with van der Waals surface area (Å²) in [5.41, 5.74) is 3.64. The van der Waals surface area contributed by atoms with Crippen molar-refractivity contribution in [3.63, 3.8) is 0 Å². The Labute approximate surface area is 260 Å². The van der Waals surface area contributed by atoms with Crippen molar-refractivity contribution in [2.75, 3.05) is 14.1 Å². The van der Waals surface area contributed by atoms with Crippen molar-refractivity contribution < 1.29 is 25.9 Å². The molecular weight excluding hydrogens is 670 g/mol. The van der Waals surface area contributed by atoms with E-state index in [1.165, 1.54) is 16.3 Å². The van der Waals surface area contributed by atoms with Gasteiger partial charge >= 0.3 is 30.0 Å². The maximum absolute atomic E-state index is 11.4. The molecule has 0 aliphatic heterocycles. The van der Waals surface area contributed by atoms with Gasteiger partial charge in [-0.25, -0.2) is 0 Å². The number of hydrogen-bond acceptors (Lipinski definition) is 2. The fourth-order valence-corrected chi connectivity index (χ4v) is 2.94. The summed E-state index contributed by atoms with van der Waals surface area (Å²) in [7, 11) is 3.25. The number of amides is 2. The zero-order valence-electron chi connectivity index (χ0n) is 23.7. The van der Waals surface area contributed by atoms with Crippen LogP contribution in [0.2, 0.25) is 0 Å². The van der Waals surface area contributed by atoms with Crippen molar-refractivity contribution in [1.82, 2.24) is 10.6 Å². The second kappa shape index (κ2) is 27.0. The average molecular weight is 708 g/mol. The van der Waals surface area contributed by atoms with Crippen LogP contribution >= 0.6 is 29.6 Å². The molecule has 2 amide bonds. The van der Waals surface area contributed by atoms with E-state index in [0.717, 1.165) is 15.6 Å². The number of carbonyl (C=O) groups is 2. The minimum absolute atomic E-state index is 0.0559. The minimum Gasteiger partial charge on any atom is -0.184 e. The number of nitrogens with one attached hydrogen (secondary N) is 2. The Morgan fingerprint density at radius 2 is 0.949 bits per heavy atom. The second-order valence-corrected chi connectivity index (χ2v) is 7.60. The molecule has 4 aromatic carbocycles. The topological polar surface area (TPSA) is 58.2 Å². The fraction of sp³-hybridized carbons (Fsp3) is 0.188. The van der Waals surface area contributed by atoms with Crippen molar-refractivity contribution in [2.45, 2.75) is 27.7 Å². The molecule has 7 heteroatoms. The predicted molar refractivity (Wildman–Crippen MR) is 170 cm³/mol. The monoisotopic (exact) mass is 704 g/mol. The molecule has 4 rings (SSSR count). The van der Waals surface area contributed by atoms with E-state index in [-0.39, 0.29) is 11.8 Å². The quantitative estimate of drug-likeness (QED) is 0.165. The Morgan fingerprint density at radius 1 is 0.590 bits per heavy atom. The summed E-state index contributed by atoms with van der Waals surface area (Å²) in [5, 5.41) is 5.15. The Bertz CT molecular complexity index is 1080. The van der Waals surface area contributed by atoms with Gasteiger partial charge in [0, 0.05) is 29.7 Å². The van der Waals surface area contributed by atoms with Crippen LogP contribution in [0.4, 0.5) is 0 Å². The van der Waals surface area contributed by atoms with Gasteiger partial charge in [0.15, 0.2) is 0 Å². The fourth-order valence-electron chi connectivity index (χ4n) is 2.68. The van der Waals surface area contributed by atoms with Crippen molar-refractivity contribution in [2.24, 2.45) is 0 Å². The molecule has 0 radical (unpaired) electrons. The third-order valence-corrected chi connectivity index (χ3v) is 4.95. The van der Waals surface area contributed by atoms with Crippen LogP contribution in [-0.4, -0.2) is 25.9 Å². The molecular formula is C32H38Br2N2O2Zn. The molecule has 4 nitrogen and oxygen atoms in total. The molecule has 0 bridgehead atoms. The van der Waals surface area contributed by atoms with Gasteiger partial charge in [0.25, 0.3) is 11.8 Å². The molecule has 204 valence electrons. The van der Waals surface area contributed by atoms with Gasteiger partial charge in [0.1, 0.15) is 0 Å². The molecule has 0 fully saturated rings. The standard InChI is InChI=1S/C14H13NO.C8H8BrNO.C6H5.2C2H6.BrH.Zn/c1-15-14(16)13-9-7-12(8-10-13)11-5-3-2-4-6-11;1-10-8(11)6-2-4-7(9)5-3-6;1-2-4-6-5-3-1;2*1-2;;/h2-10H,1H3,(H,15,16);2-5H,1H3,(H,10,11);1-5H;2*1-2H3;1H;/q;;-1;;;;+2/p-1. The number of halogens is 2.